The van der Waals surface area contributed by atoms with Crippen LogP contribution < -0.4 is 0 Å². The summed E-state index contributed by atoms with van der Waals surface area (Å²) in [5.41, 5.74) is 2.51. The summed E-state index contributed by atoms with van der Waals surface area (Å²) in [6.45, 7) is 4.49. The summed E-state index contributed by atoms with van der Waals surface area (Å²) < 4.78 is 0. The van der Waals surface area contributed by atoms with Crippen LogP contribution in [0.3, 0.4) is 0 Å². The fraction of sp³-hybridized carbons (Fsp3) is 0.294. The molecular weight excluding hydrogens is 275 g/mol. The average Bonchev–Trinajstić information content (AvgIpc) is 2.39. The largest absolute Gasteiger partial charge is 0.0843 e. The lowest BCUT2D eigenvalue weighted by Crippen LogP contribution is -2.10. The van der Waals surface area contributed by atoms with Crippen molar-refractivity contribution in [1.82, 2.24) is 0 Å². The minimum atomic E-state index is 0.336. The Morgan fingerprint density at radius 2 is 1.37 bits per heavy atom. The van der Waals surface area contributed by atoms with Gasteiger partial charge in [-0.25, -0.2) is 0 Å². The second-order valence-electron chi connectivity index (χ2n) is 4.97. The molecule has 2 rings (SSSR count). The van der Waals surface area contributed by atoms with Gasteiger partial charge in [-0.3, -0.25) is 0 Å². The Kier molecular flexibility index (Phi) is 4.90. The zero-order valence-electron chi connectivity index (χ0n) is 11.2. The maximum absolute atomic E-state index is 6.13. The Bertz CT molecular complexity index is 503. The van der Waals surface area contributed by atoms with Crippen molar-refractivity contribution >= 4 is 23.2 Å². The minimum Gasteiger partial charge on any atom is -0.0843 e. The smallest absolute Gasteiger partial charge is 0.0408 e. The van der Waals surface area contributed by atoms with E-state index >= 15 is 0 Å². The zero-order chi connectivity index (χ0) is 13.8. The van der Waals surface area contributed by atoms with Gasteiger partial charge in [-0.2, -0.15) is 0 Å². The van der Waals surface area contributed by atoms with Crippen LogP contribution in [0.25, 0.3) is 0 Å². The van der Waals surface area contributed by atoms with Crippen LogP contribution in [-0.4, -0.2) is 0 Å². The Morgan fingerprint density at radius 1 is 0.895 bits per heavy atom. The summed E-state index contributed by atoms with van der Waals surface area (Å²) in [5.74, 6) is 0.874. The fourth-order valence-corrected chi connectivity index (χ4v) is 2.88. The Labute approximate surface area is 125 Å². The quantitative estimate of drug-likeness (QED) is 0.632. The molecule has 0 aliphatic heterocycles. The fourth-order valence-electron chi connectivity index (χ4n) is 2.49. The molecule has 2 aromatic rings. The first-order chi connectivity index (χ1) is 9.11. The molecule has 0 aliphatic carbocycles. The molecule has 0 aliphatic rings. The van der Waals surface area contributed by atoms with Crippen LogP contribution >= 0.6 is 23.2 Å². The topological polar surface area (TPSA) is 0 Å². The number of benzene rings is 2. The van der Waals surface area contributed by atoms with Crippen LogP contribution in [0.15, 0.2) is 48.5 Å². The van der Waals surface area contributed by atoms with E-state index in [0.717, 1.165) is 16.5 Å². The average molecular weight is 293 g/mol. The molecule has 2 heteroatoms. The molecule has 0 amide bonds. The predicted molar refractivity (Wildman–Crippen MR) is 84.2 cm³/mol. The molecule has 19 heavy (non-hydrogen) atoms. The Morgan fingerprint density at radius 3 is 1.74 bits per heavy atom. The normalized spacial score (nSPS) is 12.7. The molecule has 2 aromatic carbocycles. The lowest BCUT2D eigenvalue weighted by atomic mass is 9.80. The molecule has 1 atom stereocenters. The molecule has 0 spiro atoms. The zero-order valence-corrected chi connectivity index (χ0v) is 12.7. The number of hydrogen-bond acceptors (Lipinski definition) is 0. The third-order valence-electron chi connectivity index (χ3n) is 3.63. The summed E-state index contributed by atoms with van der Waals surface area (Å²) in [4.78, 5) is 0. The van der Waals surface area contributed by atoms with Crippen LogP contribution in [0.4, 0.5) is 0 Å². The summed E-state index contributed by atoms with van der Waals surface area (Å²) in [5, 5.41) is 1.57. The summed E-state index contributed by atoms with van der Waals surface area (Å²) in [6.07, 6.45) is 1.11. The highest BCUT2D eigenvalue weighted by atomic mass is 35.5. The first-order valence-electron chi connectivity index (χ1n) is 6.62. The van der Waals surface area contributed by atoms with E-state index in [2.05, 4.69) is 38.1 Å². The van der Waals surface area contributed by atoms with Crippen molar-refractivity contribution in [2.24, 2.45) is 5.92 Å². The van der Waals surface area contributed by atoms with Gasteiger partial charge in [-0.1, -0.05) is 67.7 Å². The number of hydrogen-bond donors (Lipinski definition) is 0. The van der Waals surface area contributed by atoms with E-state index in [0.29, 0.717) is 11.8 Å². The van der Waals surface area contributed by atoms with Gasteiger partial charge in [0.1, 0.15) is 0 Å². The molecule has 0 nitrogen and oxygen atoms in total. The lowest BCUT2D eigenvalue weighted by molar-refractivity contribution is 0.496. The molecule has 0 aromatic heterocycles. The van der Waals surface area contributed by atoms with E-state index in [1.165, 1.54) is 11.1 Å². The van der Waals surface area contributed by atoms with Crippen LogP contribution in [0.5, 0.6) is 0 Å². The number of halogens is 2. The third-order valence-corrected chi connectivity index (χ3v) is 4.10. The SMILES string of the molecule is CCC(C)C(c1cccc(Cl)c1)c1cccc(Cl)c1. The van der Waals surface area contributed by atoms with Crippen molar-refractivity contribution in [3.8, 4) is 0 Å². The first kappa shape index (κ1) is 14.4. The maximum atomic E-state index is 6.13. The van der Waals surface area contributed by atoms with Gasteiger partial charge in [-0.05, 0) is 41.3 Å². The summed E-state index contributed by atoms with van der Waals surface area (Å²) >= 11 is 12.3. The Hall–Kier alpha value is -0.980. The number of rotatable bonds is 4. The molecule has 0 bridgehead atoms. The van der Waals surface area contributed by atoms with E-state index < -0.39 is 0 Å². The standard InChI is InChI=1S/C17H18Cl2/c1-3-12(2)17(13-6-4-8-15(18)10-13)14-7-5-9-16(19)11-14/h4-12,17H,3H2,1-2H3. The molecular formula is C17H18Cl2. The van der Waals surface area contributed by atoms with Crippen molar-refractivity contribution in [2.75, 3.05) is 0 Å². The predicted octanol–water partition coefficient (Wildman–Crippen LogP) is 6.17. The molecule has 0 radical (unpaired) electrons. The first-order valence-corrected chi connectivity index (χ1v) is 7.38. The van der Waals surface area contributed by atoms with Crippen LogP contribution in [0.2, 0.25) is 10.0 Å². The maximum Gasteiger partial charge on any atom is 0.0408 e. The molecule has 0 N–H and O–H groups in total. The molecule has 0 saturated carbocycles. The van der Waals surface area contributed by atoms with E-state index in [4.69, 9.17) is 23.2 Å². The third kappa shape index (κ3) is 3.52. The molecule has 100 valence electrons. The van der Waals surface area contributed by atoms with Gasteiger partial charge in [0, 0.05) is 16.0 Å². The highest BCUT2D eigenvalue weighted by molar-refractivity contribution is 6.31. The van der Waals surface area contributed by atoms with Crippen molar-refractivity contribution < 1.29 is 0 Å². The van der Waals surface area contributed by atoms with Crippen molar-refractivity contribution in [2.45, 2.75) is 26.2 Å². The monoisotopic (exact) mass is 292 g/mol. The van der Waals surface area contributed by atoms with Gasteiger partial charge in [0.05, 0.1) is 0 Å². The highest BCUT2D eigenvalue weighted by Gasteiger charge is 2.20. The second kappa shape index (κ2) is 6.45. The van der Waals surface area contributed by atoms with Crippen LogP contribution in [0, 0.1) is 5.92 Å². The van der Waals surface area contributed by atoms with Gasteiger partial charge in [-0.15, -0.1) is 0 Å². The van der Waals surface area contributed by atoms with Crippen molar-refractivity contribution in [3.63, 3.8) is 0 Å². The van der Waals surface area contributed by atoms with Gasteiger partial charge in [0.25, 0.3) is 0 Å². The van der Waals surface area contributed by atoms with Gasteiger partial charge in [0.15, 0.2) is 0 Å². The summed E-state index contributed by atoms with van der Waals surface area (Å²) in [7, 11) is 0. The Balaban J connectivity index is 2.47. The highest BCUT2D eigenvalue weighted by Crippen LogP contribution is 2.35. The molecule has 1 unspecified atom stereocenters. The molecule has 0 heterocycles. The second-order valence-corrected chi connectivity index (χ2v) is 5.85. The molecule has 0 saturated heterocycles. The van der Waals surface area contributed by atoms with E-state index in [1.807, 2.05) is 24.3 Å². The van der Waals surface area contributed by atoms with Crippen LogP contribution in [0.1, 0.15) is 37.3 Å². The lowest BCUT2D eigenvalue weighted by Gasteiger charge is -2.24. The molecule has 0 fully saturated rings. The van der Waals surface area contributed by atoms with Crippen molar-refractivity contribution in [1.29, 1.82) is 0 Å². The van der Waals surface area contributed by atoms with Gasteiger partial charge < -0.3 is 0 Å². The van der Waals surface area contributed by atoms with Crippen molar-refractivity contribution in [3.05, 3.63) is 69.7 Å². The summed E-state index contributed by atoms with van der Waals surface area (Å²) in [6, 6.07) is 16.2. The van der Waals surface area contributed by atoms with Crippen LogP contribution in [-0.2, 0) is 0 Å². The van der Waals surface area contributed by atoms with E-state index in [1.54, 1.807) is 0 Å². The van der Waals surface area contributed by atoms with E-state index in [-0.39, 0.29) is 0 Å². The minimum absolute atomic E-state index is 0.336. The van der Waals surface area contributed by atoms with E-state index in [9.17, 15) is 0 Å². The van der Waals surface area contributed by atoms with Gasteiger partial charge in [0.2, 0.25) is 0 Å². The van der Waals surface area contributed by atoms with Gasteiger partial charge >= 0.3 is 0 Å².